The highest BCUT2D eigenvalue weighted by molar-refractivity contribution is 5.85. The summed E-state index contributed by atoms with van der Waals surface area (Å²) >= 11 is 0. The van der Waals surface area contributed by atoms with E-state index in [0.29, 0.717) is 13.1 Å². The molecule has 0 heterocycles. The third-order valence-corrected chi connectivity index (χ3v) is 3.30. The highest BCUT2D eigenvalue weighted by atomic mass is 35.5. The maximum atomic E-state index is 11.8. The van der Waals surface area contributed by atoms with E-state index in [1.165, 1.54) is 0 Å². The minimum Gasteiger partial charge on any atom is -0.356 e. The smallest absolute Gasteiger partial charge is 0.220 e. The molecule has 0 atom stereocenters. The van der Waals surface area contributed by atoms with Crippen LogP contribution in [-0.2, 0) is 9.59 Å². The second-order valence-electron chi connectivity index (χ2n) is 4.59. The first-order valence-electron chi connectivity index (χ1n) is 6.81. The maximum absolute atomic E-state index is 11.8. The Kier molecular flexibility index (Phi) is 11.9. The monoisotopic (exact) mass is 293 g/mol. The Morgan fingerprint density at radius 1 is 1.05 bits per heavy atom. The van der Waals surface area contributed by atoms with Crippen molar-refractivity contribution in [2.75, 3.05) is 13.1 Å². The number of carbonyl (C=O) groups excluding carboxylic acids is 2. The predicted molar refractivity (Wildman–Crippen MR) is 80.3 cm³/mol. The first-order chi connectivity index (χ1) is 8.53. The van der Waals surface area contributed by atoms with Gasteiger partial charge in [0.05, 0.1) is 5.54 Å². The van der Waals surface area contributed by atoms with Crippen LogP contribution in [0.25, 0.3) is 0 Å². The first-order valence-corrected chi connectivity index (χ1v) is 6.81. The van der Waals surface area contributed by atoms with E-state index in [4.69, 9.17) is 5.73 Å². The van der Waals surface area contributed by atoms with Crippen molar-refractivity contribution in [3.05, 3.63) is 0 Å². The van der Waals surface area contributed by atoms with Gasteiger partial charge in [-0.25, -0.2) is 0 Å². The van der Waals surface area contributed by atoms with Gasteiger partial charge < -0.3 is 16.4 Å². The fourth-order valence-electron chi connectivity index (χ4n) is 1.70. The topological polar surface area (TPSA) is 84.2 Å². The molecule has 0 rings (SSSR count). The molecule has 0 aliphatic carbocycles. The molecule has 2 amide bonds. The Labute approximate surface area is 122 Å². The van der Waals surface area contributed by atoms with Gasteiger partial charge in [0.1, 0.15) is 0 Å². The van der Waals surface area contributed by atoms with E-state index in [-0.39, 0.29) is 42.6 Å². The van der Waals surface area contributed by atoms with Gasteiger partial charge in [-0.1, -0.05) is 20.8 Å². The van der Waals surface area contributed by atoms with Crippen molar-refractivity contribution in [3.8, 4) is 0 Å². The fraction of sp³-hybridized carbons (Fsp3) is 0.846. The minimum absolute atomic E-state index is 0. The number of nitrogens with two attached hydrogens (primary N) is 1. The van der Waals surface area contributed by atoms with E-state index in [9.17, 15) is 9.59 Å². The van der Waals surface area contributed by atoms with Crippen LogP contribution in [0.3, 0.4) is 0 Å². The molecule has 0 radical (unpaired) electrons. The molecule has 0 saturated carbocycles. The lowest BCUT2D eigenvalue weighted by molar-refractivity contribution is -0.127. The van der Waals surface area contributed by atoms with Crippen LogP contribution in [0.4, 0.5) is 0 Å². The summed E-state index contributed by atoms with van der Waals surface area (Å²) in [6, 6.07) is 0. The number of hydrogen-bond acceptors (Lipinski definition) is 3. The maximum Gasteiger partial charge on any atom is 0.220 e. The molecule has 5 nitrogen and oxygen atoms in total. The van der Waals surface area contributed by atoms with Crippen molar-refractivity contribution < 1.29 is 9.59 Å². The summed E-state index contributed by atoms with van der Waals surface area (Å²) in [6.07, 6.45) is 2.96. The molecule has 0 fully saturated rings. The molecule has 0 aromatic carbocycles. The van der Waals surface area contributed by atoms with Crippen LogP contribution in [-0.4, -0.2) is 30.4 Å². The van der Waals surface area contributed by atoms with Crippen molar-refractivity contribution >= 4 is 24.2 Å². The highest BCUT2D eigenvalue weighted by Gasteiger charge is 2.26. The zero-order valence-electron chi connectivity index (χ0n) is 12.3. The number of nitrogens with one attached hydrogen (secondary N) is 2. The number of amides is 2. The Morgan fingerprint density at radius 3 is 2.00 bits per heavy atom. The van der Waals surface area contributed by atoms with E-state index < -0.39 is 0 Å². The van der Waals surface area contributed by atoms with Crippen LogP contribution in [0, 0.1) is 0 Å². The highest BCUT2D eigenvalue weighted by Crippen LogP contribution is 2.13. The van der Waals surface area contributed by atoms with Gasteiger partial charge >= 0.3 is 0 Å². The number of halogens is 1. The van der Waals surface area contributed by atoms with Gasteiger partial charge in [-0.05, 0) is 19.3 Å². The van der Waals surface area contributed by atoms with Gasteiger partial charge in [0.15, 0.2) is 0 Å². The predicted octanol–water partition coefficient (Wildman–Crippen LogP) is 1.35. The molecular weight excluding hydrogens is 266 g/mol. The van der Waals surface area contributed by atoms with Gasteiger partial charge in [-0.2, -0.15) is 0 Å². The molecule has 0 unspecified atom stereocenters. The molecule has 19 heavy (non-hydrogen) atoms. The van der Waals surface area contributed by atoms with Crippen LogP contribution < -0.4 is 16.4 Å². The average Bonchev–Trinajstić information content (AvgIpc) is 2.40. The molecule has 0 spiro atoms. The van der Waals surface area contributed by atoms with E-state index in [1.807, 2.05) is 20.8 Å². The van der Waals surface area contributed by atoms with Crippen molar-refractivity contribution in [3.63, 3.8) is 0 Å². The summed E-state index contributed by atoms with van der Waals surface area (Å²) in [4.78, 5) is 23.1. The Balaban J connectivity index is 0. The quantitative estimate of drug-likeness (QED) is 0.600. The van der Waals surface area contributed by atoms with Crippen LogP contribution in [0.5, 0.6) is 0 Å². The summed E-state index contributed by atoms with van der Waals surface area (Å²) in [5.74, 6) is -0.172. The van der Waals surface area contributed by atoms with Crippen molar-refractivity contribution in [1.82, 2.24) is 10.6 Å². The summed E-state index contributed by atoms with van der Waals surface area (Å²) in [7, 11) is 0. The van der Waals surface area contributed by atoms with Gasteiger partial charge in [0.25, 0.3) is 0 Å². The van der Waals surface area contributed by atoms with Crippen molar-refractivity contribution in [2.45, 2.75) is 58.4 Å². The van der Waals surface area contributed by atoms with Crippen LogP contribution in [0.15, 0.2) is 0 Å². The SMILES string of the molecule is CCCNC(=O)CCC(=O)NC(CC)(CC)CN.Cl. The number of hydrogen-bond donors (Lipinski definition) is 3. The molecule has 0 aliphatic heterocycles. The van der Waals surface area contributed by atoms with Gasteiger partial charge in [0, 0.05) is 25.9 Å². The molecule has 0 aromatic rings. The number of carbonyl (C=O) groups is 2. The summed E-state index contributed by atoms with van der Waals surface area (Å²) in [5.41, 5.74) is 5.38. The fourth-order valence-corrected chi connectivity index (χ4v) is 1.70. The zero-order valence-corrected chi connectivity index (χ0v) is 13.1. The van der Waals surface area contributed by atoms with E-state index in [1.54, 1.807) is 0 Å². The van der Waals surface area contributed by atoms with Crippen LogP contribution >= 0.6 is 12.4 Å². The summed E-state index contributed by atoms with van der Waals surface area (Å²) in [5, 5.41) is 5.70. The standard InChI is InChI=1S/C13H27N3O2.ClH/c1-4-9-15-11(17)7-8-12(18)16-13(5-2,6-3)10-14;/h4-10,14H2,1-3H3,(H,15,17)(H,16,18);1H. The second kappa shape index (κ2) is 11.1. The lowest BCUT2D eigenvalue weighted by Gasteiger charge is -2.31. The van der Waals surface area contributed by atoms with Crippen molar-refractivity contribution in [2.24, 2.45) is 5.73 Å². The summed E-state index contributed by atoms with van der Waals surface area (Å²) < 4.78 is 0. The first kappa shape index (κ1) is 20.5. The minimum atomic E-state index is -0.322. The molecule has 0 aliphatic rings. The van der Waals surface area contributed by atoms with Crippen LogP contribution in [0.2, 0.25) is 0 Å². The van der Waals surface area contributed by atoms with E-state index >= 15 is 0 Å². The molecule has 6 heteroatoms. The Bertz CT molecular complexity index is 260. The average molecular weight is 294 g/mol. The van der Waals surface area contributed by atoms with Gasteiger partial charge in [0.2, 0.25) is 11.8 Å². The zero-order chi connectivity index (χ0) is 14.0. The van der Waals surface area contributed by atoms with Gasteiger partial charge in [-0.3, -0.25) is 9.59 Å². The summed E-state index contributed by atoms with van der Waals surface area (Å²) in [6.45, 7) is 7.09. The largest absolute Gasteiger partial charge is 0.356 e. The normalized spacial score (nSPS) is 10.5. The van der Waals surface area contributed by atoms with Crippen LogP contribution in [0.1, 0.15) is 52.9 Å². The van der Waals surface area contributed by atoms with E-state index in [2.05, 4.69) is 10.6 Å². The molecule has 0 aromatic heterocycles. The van der Waals surface area contributed by atoms with E-state index in [0.717, 1.165) is 19.3 Å². The Morgan fingerprint density at radius 2 is 1.58 bits per heavy atom. The van der Waals surface area contributed by atoms with Gasteiger partial charge in [-0.15, -0.1) is 12.4 Å². The lowest BCUT2D eigenvalue weighted by Crippen LogP contribution is -2.53. The third kappa shape index (κ3) is 8.06. The molecule has 0 bridgehead atoms. The number of rotatable bonds is 9. The third-order valence-electron chi connectivity index (χ3n) is 3.30. The molecule has 4 N–H and O–H groups in total. The molecule has 114 valence electrons. The van der Waals surface area contributed by atoms with Crippen molar-refractivity contribution in [1.29, 1.82) is 0 Å². The second-order valence-corrected chi connectivity index (χ2v) is 4.59. The Hall–Kier alpha value is -0.810. The lowest BCUT2D eigenvalue weighted by atomic mass is 9.92. The molecule has 0 saturated heterocycles. The molecular formula is C13H28ClN3O2.